The van der Waals surface area contributed by atoms with Gasteiger partial charge in [0.1, 0.15) is 17.3 Å². The maximum Gasteiger partial charge on any atom is 0.155 e. The van der Waals surface area contributed by atoms with Gasteiger partial charge >= 0.3 is 0 Å². The molecular formula is C20H19N5OS. The Bertz CT molecular complexity index is 1030. The number of benzene rings is 2. The summed E-state index contributed by atoms with van der Waals surface area (Å²) in [5.41, 5.74) is 3.37. The Balaban J connectivity index is 1.54. The SMILES string of the molecule is CN(C)c1ccc(/C=N/N2CC(O)=C(c3nc4ccccc4s3)C2=N)cc1. The molecule has 0 saturated carbocycles. The van der Waals surface area contributed by atoms with Gasteiger partial charge < -0.3 is 10.0 Å². The number of anilines is 1. The van der Waals surface area contributed by atoms with Gasteiger partial charge in [0, 0.05) is 19.8 Å². The van der Waals surface area contributed by atoms with Crippen molar-refractivity contribution in [2.75, 3.05) is 25.5 Å². The predicted octanol–water partition coefficient (Wildman–Crippen LogP) is 3.96. The summed E-state index contributed by atoms with van der Waals surface area (Å²) in [5, 5.41) is 25.3. The molecule has 1 aliphatic rings. The molecule has 136 valence electrons. The third-order valence-corrected chi connectivity index (χ3v) is 5.40. The van der Waals surface area contributed by atoms with Gasteiger partial charge in [0.05, 0.1) is 22.0 Å². The number of aliphatic hydroxyl groups excluding tert-OH is 1. The van der Waals surface area contributed by atoms with Crippen LogP contribution >= 0.6 is 11.3 Å². The first-order valence-electron chi connectivity index (χ1n) is 8.49. The van der Waals surface area contributed by atoms with Gasteiger partial charge in [-0.15, -0.1) is 11.3 Å². The Hall–Kier alpha value is -3.19. The van der Waals surface area contributed by atoms with E-state index < -0.39 is 0 Å². The largest absolute Gasteiger partial charge is 0.509 e. The number of hydrogen-bond donors (Lipinski definition) is 2. The zero-order valence-corrected chi connectivity index (χ0v) is 15.9. The van der Waals surface area contributed by atoms with E-state index in [-0.39, 0.29) is 18.1 Å². The number of fused-ring (bicyclic) bond motifs is 1. The van der Waals surface area contributed by atoms with Crippen molar-refractivity contribution in [2.24, 2.45) is 5.10 Å². The van der Waals surface area contributed by atoms with Gasteiger partial charge in [-0.25, -0.2) is 9.99 Å². The number of para-hydroxylation sites is 1. The molecule has 0 amide bonds. The minimum Gasteiger partial charge on any atom is -0.509 e. The van der Waals surface area contributed by atoms with Gasteiger partial charge in [-0.1, -0.05) is 24.3 Å². The van der Waals surface area contributed by atoms with Crippen LogP contribution in [0.4, 0.5) is 5.69 Å². The van der Waals surface area contributed by atoms with E-state index in [1.807, 2.05) is 67.5 Å². The van der Waals surface area contributed by atoms with Crippen LogP contribution in [-0.4, -0.2) is 47.8 Å². The highest BCUT2D eigenvalue weighted by Crippen LogP contribution is 2.33. The standard InChI is InChI=1S/C20H19N5OS/c1-24(2)14-9-7-13(8-10-14)11-22-25-12-16(26)18(19(25)21)20-23-15-5-3-4-6-17(15)27-20/h3-11,21,26H,12H2,1-2H3/b21-19?,22-11+. The molecule has 1 aliphatic heterocycles. The summed E-state index contributed by atoms with van der Waals surface area (Å²) in [6.45, 7) is 0.177. The second-order valence-electron chi connectivity index (χ2n) is 6.45. The molecule has 3 aromatic rings. The molecule has 6 nitrogen and oxygen atoms in total. The first-order valence-corrected chi connectivity index (χ1v) is 9.30. The smallest absolute Gasteiger partial charge is 0.155 e. The van der Waals surface area contributed by atoms with Crippen LogP contribution in [0.1, 0.15) is 10.6 Å². The Kier molecular flexibility index (Phi) is 4.37. The number of thiazole rings is 1. The van der Waals surface area contributed by atoms with Gasteiger partial charge in [-0.3, -0.25) is 5.41 Å². The summed E-state index contributed by atoms with van der Waals surface area (Å²) in [5.74, 6) is 0.284. The molecule has 0 radical (unpaired) electrons. The highest BCUT2D eigenvalue weighted by atomic mass is 32.1. The van der Waals surface area contributed by atoms with E-state index in [2.05, 4.69) is 10.1 Å². The second-order valence-corrected chi connectivity index (χ2v) is 7.48. The van der Waals surface area contributed by atoms with Crippen LogP contribution in [0.5, 0.6) is 0 Å². The van der Waals surface area contributed by atoms with Crippen molar-refractivity contribution in [3.05, 3.63) is 64.9 Å². The number of nitrogens with one attached hydrogen (secondary N) is 1. The Morgan fingerprint density at radius 3 is 2.63 bits per heavy atom. The number of hydrazone groups is 1. The van der Waals surface area contributed by atoms with E-state index in [1.54, 1.807) is 6.21 Å². The lowest BCUT2D eigenvalue weighted by molar-refractivity contribution is 0.358. The number of aliphatic hydroxyl groups is 1. The minimum atomic E-state index is 0.124. The number of rotatable bonds is 4. The molecule has 0 atom stereocenters. The summed E-state index contributed by atoms with van der Waals surface area (Å²) in [7, 11) is 3.99. The van der Waals surface area contributed by atoms with Crippen LogP contribution in [-0.2, 0) is 0 Å². The lowest BCUT2D eigenvalue weighted by atomic mass is 10.2. The van der Waals surface area contributed by atoms with Crippen molar-refractivity contribution >= 4 is 44.9 Å². The molecule has 0 saturated heterocycles. The van der Waals surface area contributed by atoms with Crippen LogP contribution in [0.15, 0.2) is 59.4 Å². The first kappa shape index (κ1) is 17.2. The molecule has 7 heteroatoms. The van der Waals surface area contributed by atoms with Crippen LogP contribution in [0, 0.1) is 5.41 Å². The molecule has 0 spiro atoms. The van der Waals surface area contributed by atoms with Crippen molar-refractivity contribution in [3.8, 4) is 0 Å². The summed E-state index contributed by atoms with van der Waals surface area (Å²) >= 11 is 1.47. The molecule has 27 heavy (non-hydrogen) atoms. The molecule has 4 rings (SSSR count). The average Bonchev–Trinajstić information content (AvgIpc) is 3.20. The van der Waals surface area contributed by atoms with Crippen molar-refractivity contribution in [3.63, 3.8) is 0 Å². The van der Waals surface area contributed by atoms with Gasteiger partial charge in [0.15, 0.2) is 5.84 Å². The van der Waals surface area contributed by atoms with Crippen LogP contribution in [0.3, 0.4) is 0 Å². The summed E-state index contributed by atoms with van der Waals surface area (Å²) in [6, 6.07) is 15.8. The fraction of sp³-hybridized carbons (Fsp3) is 0.150. The molecular weight excluding hydrogens is 358 g/mol. The topological polar surface area (TPSA) is 75.8 Å². The average molecular weight is 377 g/mol. The normalized spacial score (nSPS) is 14.7. The quantitative estimate of drug-likeness (QED) is 0.675. The predicted molar refractivity (Wildman–Crippen MR) is 112 cm³/mol. The van der Waals surface area contributed by atoms with Gasteiger partial charge in [0.2, 0.25) is 0 Å². The molecule has 0 bridgehead atoms. The third-order valence-electron chi connectivity index (χ3n) is 4.35. The molecule has 0 fully saturated rings. The van der Waals surface area contributed by atoms with E-state index in [0.717, 1.165) is 21.5 Å². The lowest BCUT2D eigenvalue weighted by Crippen LogP contribution is -2.20. The molecule has 2 heterocycles. The fourth-order valence-corrected chi connectivity index (χ4v) is 3.90. The highest BCUT2D eigenvalue weighted by molar-refractivity contribution is 7.19. The molecule has 2 N–H and O–H groups in total. The second kappa shape index (κ2) is 6.85. The number of amidine groups is 1. The monoisotopic (exact) mass is 377 g/mol. The van der Waals surface area contributed by atoms with E-state index >= 15 is 0 Å². The van der Waals surface area contributed by atoms with Crippen molar-refractivity contribution in [1.29, 1.82) is 5.41 Å². The molecule has 2 aromatic carbocycles. The number of aromatic nitrogens is 1. The van der Waals surface area contributed by atoms with Crippen molar-refractivity contribution < 1.29 is 5.11 Å². The minimum absolute atomic E-state index is 0.124. The van der Waals surface area contributed by atoms with Crippen LogP contribution < -0.4 is 4.90 Å². The van der Waals surface area contributed by atoms with Crippen LogP contribution in [0.25, 0.3) is 15.8 Å². The molecule has 1 aromatic heterocycles. The fourth-order valence-electron chi connectivity index (χ4n) is 2.86. The van der Waals surface area contributed by atoms with Crippen LogP contribution in [0.2, 0.25) is 0 Å². The van der Waals surface area contributed by atoms with E-state index in [9.17, 15) is 5.11 Å². The maximum absolute atomic E-state index is 10.4. The molecule has 0 unspecified atom stereocenters. The summed E-state index contributed by atoms with van der Waals surface area (Å²) < 4.78 is 1.03. The Morgan fingerprint density at radius 1 is 1.19 bits per heavy atom. The maximum atomic E-state index is 10.4. The van der Waals surface area contributed by atoms with Crippen molar-refractivity contribution in [1.82, 2.24) is 9.99 Å². The van der Waals surface area contributed by atoms with Crippen molar-refractivity contribution in [2.45, 2.75) is 0 Å². The number of nitrogens with zero attached hydrogens (tertiary/aromatic N) is 4. The van der Waals surface area contributed by atoms with Gasteiger partial charge in [-0.05, 0) is 29.8 Å². The molecule has 0 aliphatic carbocycles. The van der Waals surface area contributed by atoms with E-state index in [1.165, 1.54) is 16.3 Å². The first-order chi connectivity index (χ1) is 13.0. The lowest BCUT2D eigenvalue weighted by Gasteiger charge is -2.13. The van der Waals surface area contributed by atoms with Gasteiger partial charge in [0.25, 0.3) is 0 Å². The zero-order chi connectivity index (χ0) is 19.0. The summed E-state index contributed by atoms with van der Waals surface area (Å²) in [6.07, 6.45) is 1.70. The zero-order valence-electron chi connectivity index (χ0n) is 15.0. The Morgan fingerprint density at radius 2 is 1.93 bits per heavy atom. The third kappa shape index (κ3) is 3.29. The van der Waals surface area contributed by atoms with E-state index in [0.29, 0.717) is 10.6 Å². The van der Waals surface area contributed by atoms with E-state index in [4.69, 9.17) is 5.41 Å². The number of hydrogen-bond acceptors (Lipinski definition) is 6. The summed E-state index contributed by atoms with van der Waals surface area (Å²) in [4.78, 5) is 6.58. The Labute approximate surface area is 161 Å². The van der Waals surface area contributed by atoms with Gasteiger partial charge in [-0.2, -0.15) is 5.10 Å². The highest BCUT2D eigenvalue weighted by Gasteiger charge is 2.30.